The van der Waals surface area contributed by atoms with Crippen molar-refractivity contribution < 1.29 is 0 Å². The maximum atomic E-state index is 3.13. The van der Waals surface area contributed by atoms with E-state index in [2.05, 4.69) is 37.3 Å². The van der Waals surface area contributed by atoms with Crippen molar-refractivity contribution in [3.63, 3.8) is 0 Å². The Bertz CT molecular complexity index is 229. The molecule has 1 aromatic carbocycles. The van der Waals surface area contributed by atoms with Gasteiger partial charge in [0, 0.05) is 0 Å². The summed E-state index contributed by atoms with van der Waals surface area (Å²) in [5, 5.41) is 0. The second-order valence-corrected chi connectivity index (χ2v) is 2.48. The molecule has 0 bridgehead atoms. The van der Waals surface area contributed by atoms with Crippen LogP contribution in [0.5, 0.6) is 0 Å². The van der Waals surface area contributed by atoms with Gasteiger partial charge in [0.05, 0.1) is 0 Å². The van der Waals surface area contributed by atoms with Gasteiger partial charge in [-0.1, -0.05) is 37.3 Å². The Morgan fingerprint density at radius 3 is 2.36 bits per heavy atom. The van der Waals surface area contributed by atoms with E-state index < -0.39 is 0 Å². The fourth-order valence-electron chi connectivity index (χ4n) is 1.00. The zero-order valence-electron chi connectivity index (χ0n) is 7.09. The number of benzene rings is 1. The van der Waals surface area contributed by atoms with Crippen molar-refractivity contribution >= 4 is 0 Å². The molecule has 0 heterocycles. The van der Waals surface area contributed by atoms with E-state index >= 15 is 0 Å². The van der Waals surface area contributed by atoms with E-state index in [4.69, 9.17) is 0 Å². The first kappa shape index (κ1) is 8.06. The molecule has 57 valence electrons. The molecule has 0 N–H and O–H groups in total. The molecule has 1 radical (unpaired) electrons. The number of aryl methyl sites for hydroxylation is 1. The van der Waals surface area contributed by atoms with Gasteiger partial charge in [0.2, 0.25) is 0 Å². The standard InChI is InChI=1S/C11H13/c1-3-5-11-8-6-10(4-2)7-9-11/h3,6-9H,4H2,1-2H3. The van der Waals surface area contributed by atoms with Crippen LogP contribution in [0.2, 0.25) is 0 Å². The minimum Gasteiger partial charge on any atom is -0.0792 e. The summed E-state index contributed by atoms with van der Waals surface area (Å²) in [6.07, 6.45) is 6.17. The Labute approximate surface area is 68.6 Å². The summed E-state index contributed by atoms with van der Waals surface area (Å²) in [4.78, 5) is 0. The van der Waals surface area contributed by atoms with E-state index in [1.807, 2.05) is 13.0 Å². The maximum absolute atomic E-state index is 3.13. The molecule has 1 rings (SSSR count). The highest BCUT2D eigenvalue weighted by molar-refractivity contribution is 5.26. The summed E-state index contributed by atoms with van der Waals surface area (Å²) < 4.78 is 0. The van der Waals surface area contributed by atoms with Gasteiger partial charge in [0.15, 0.2) is 0 Å². The molecular weight excluding hydrogens is 132 g/mol. The molecule has 0 nitrogen and oxygen atoms in total. The zero-order chi connectivity index (χ0) is 8.10. The van der Waals surface area contributed by atoms with Crippen LogP contribution in [0.25, 0.3) is 0 Å². The topological polar surface area (TPSA) is 0 Å². The summed E-state index contributed by atoms with van der Waals surface area (Å²) in [5.41, 5.74) is 2.54. The molecular formula is C11H13. The lowest BCUT2D eigenvalue weighted by Crippen LogP contribution is -1.79. The van der Waals surface area contributed by atoms with Gasteiger partial charge in [-0.3, -0.25) is 0 Å². The lowest BCUT2D eigenvalue weighted by atomic mass is 10.1. The molecule has 0 amide bonds. The third kappa shape index (κ3) is 2.23. The van der Waals surface area contributed by atoms with Gasteiger partial charge in [-0.05, 0) is 30.5 Å². The van der Waals surface area contributed by atoms with Crippen LogP contribution in [0, 0.1) is 6.08 Å². The van der Waals surface area contributed by atoms with Gasteiger partial charge < -0.3 is 0 Å². The van der Waals surface area contributed by atoms with Crippen molar-refractivity contribution in [2.75, 3.05) is 0 Å². The van der Waals surface area contributed by atoms with E-state index in [-0.39, 0.29) is 0 Å². The largest absolute Gasteiger partial charge is 0.0792 e. The summed E-state index contributed by atoms with van der Waals surface area (Å²) in [6.45, 7) is 4.14. The molecule has 0 aliphatic carbocycles. The fraction of sp³-hybridized carbons (Fsp3) is 0.273. The van der Waals surface area contributed by atoms with Crippen LogP contribution in [0.4, 0.5) is 0 Å². The minimum atomic E-state index is 1.11. The third-order valence-corrected chi connectivity index (χ3v) is 1.67. The van der Waals surface area contributed by atoms with Crippen LogP contribution in [-0.4, -0.2) is 0 Å². The van der Waals surface area contributed by atoms with Crippen LogP contribution in [0.15, 0.2) is 30.3 Å². The van der Waals surface area contributed by atoms with Crippen molar-refractivity contribution in [2.45, 2.75) is 20.3 Å². The number of hydrogen-bond acceptors (Lipinski definition) is 0. The van der Waals surface area contributed by atoms with Crippen LogP contribution in [-0.2, 0) is 6.42 Å². The average molecular weight is 145 g/mol. The van der Waals surface area contributed by atoms with Gasteiger partial charge in [-0.25, -0.2) is 0 Å². The molecule has 0 atom stereocenters. The van der Waals surface area contributed by atoms with E-state index in [1.54, 1.807) is 0 Å². The Morgan fingerprint density at radius 2 is 1.91 bits per heavy atom. The average Bonchev–Trinajstić information content (AvgIpc) is 2.07. The van der Waals surface area contributed by atoms with Crippen LogP contribution < -0.4 is 0 Å². The summed E-state index contributed by atoms with van der Waals surface area (Å²) >= 11 is 0. The molecule has 0 heteroatoms. The molecule has 0 aliphatic rings. The van der Waals surface area contributed by atoms with E-state index in [0.717, 1.165) is 12.0 Å². The Morgan fingerprint density at radius 1 is 1.27 bits per heavy atom. The summed E-state index contributed by atoms with van der Waals surface area (Å²) in [7, 11) is 0. The summed E-state index contributed by atoms with van der Waals surface area (Å²) in [5.74, 6) is 0. The van der Waals surface area contributed by atoms with E-state index in [0.29, 0.717) is 0 Å². The Balaban J connectivity index is 2.82. The van der Waals surface area contributed by atoms with Gasteiger partial charge in [0.1, 0.15) is 0 Å². The fourth-order valence-corrected chi connectivity index (χ4v) is 1.00. The first-order valence-corrected chi connectivity index (χ1v) is 4.00. The lowest BCUT2D eigenvalue weighted by Gasteiger charge is -1.95. The third-order valence-electron chi connectivity index (χ3n) is 1.67. The number of rotatable bonds is 2. The van der Waals surface area contributed by atoms with Gasteiger partial charge in [-0.2, -0.15) is 0 Å². The quantitative estimate of drug-likeness (QED) is 0.600. The molecule has 0 spiro atoms. The molecule has 0 saturated heterocycles. The van der Waals surface area contributed by atoms with Crippen molar-refractivity contribution in [3.8, 4) is 0 Å². The lowest BCUT2D eigenvalue weighted by molar-refractivity contribution is 1.14. The van der Waals surface area contributed by atoms with Gasteiger partial charge in [-0.15, -0.1) is 0 Å². The van der Waals surface area contributed by atoms with Gasteiger partial charge >= 0.3 is 0 Å². The summed E-state index contributed by atoms with van der Waals surface area (Å²) in [6, 6.07) is 8.48. The molecule has 1 aromatic rings. The smallest absolute Gasteiger partial charge is 0.0151 e. The normalized spacial score (nSPS) is 10.7. The number of hydrogen-bond donors (Lipinski definition) is 0. The second-order valence-electron chi connectivity index (χ2n) is 2.48. The molecule has 0 fully saturated rings. The Hall–Kier alpha value is -1.04. The predicted octanol–water partition coefficient (Wildman–Crippen LogP) is 2.98. The van der Waals surface area contributed by atoms with Crippen LogP contribution in [0.1, 0.15) is 25.0 Å². The van der Waals surface area contributed by atoms with Crippen molar-refractivity contribution in [1.29, 1.82) is 0 Å². The van der Waals surface area contributed by atoms with E-state index in [1.165, 1.54) is 5.56 Å². The second kappa shape index (κ2) is 3.97. The number of allylic oxidation sites excluding steroid dienone is 1. The van der Waals surface area contributed by atoms with Crippen molar-refractivity contribution in [1.82, 2.24) is 0 Å². The molecule has 0 aromatic heterocycles. The molecule has 0 saturated carbocycles. The monoisotopic (exact) mass is 145 g/mol. The van der Waals surface area contributed by atoms with Crippen LogP contribution in [0.3, 0.4) is 0 Å². The van der Waals surface area contributed by atoms with Crippen LogP contribution >= 0.6 is 0 Å². The first-order chi connectivity index (χ1) is 5.36. The zero-order valence-corrected chi connectivity index (χ0v) is 7.09. The predicted molar refractivity (Wildman–Crippen MR) is 48.4 cm³/mol. The van der Waals surface area contributed by atoms with Crippen molar-refractivity contribution in [3.05, 3.63) is 47.5 Å². The highest BCUT2D eigenvalue weighted by atomic mass is 13.9. The van der Waals surface area contributed by atoms with E-state index in [9.17, 15) is 0 Å². The highest BCUT2D eigenvalue weighted by Gasteiger charge is 1.87. The maximum Gasteiger partial charge on any atom is -0.0151 e. The SMILES string of the molecule is C/C=[C]/c1ccc(CC)cc1. The Kier molecular flexibility index (Phi) is 2.91. The van der Waals surface area contributed by atoms with Crippen molar-refractivity contribution in [2.24, 2.45) is 0 Å². The van der Waals surface area contributed by atoms with Gasteiger partial charge in [0.25, 0.3) is 0 Å². The highest BCUT2D eigenvalue weighted by Crippen LogP contribution is 2.04. The molecule has 0 aliphatic heterocycles. The minimum absolute atomic E-state index is 1.11. The molecule has 0 unspecified atom stereocenters. The molecule has 11 heavy (non-hydrogen) atoms. The first-order valence-electron chi connectivity index (χ1n) is 4.00.